The predicted octanol–water partition coefficient (Wildman–Crippen LogP) is 3.88. The molecule has 0 aromatic heterocycles. The summed E-state index contributed by atoms with van der Waals surface area (Å²) in [6.07, 6.45) is 14.8. The topological polar surface area (TPSA) is 66.4 Å². The maximum atomic E-state index is 11.1. The van der Waals surface area contributed by atoms with Gasteiger partial charge in [0.15, 0.2) is 0 Å². The van der Waals surface area contributed by atoms with Crippen LogP contribution >= 0.6 is 0 Å². The van der Waals surface area contributed by atoms with E-state index in [9.17, 15) is 13.0 Å². The fraction of sp³-hybridized carbons (Fsp3) is 0.926. The van der Waals surface area contributed by atoms with Crippen molar-refractivity contribution in [3.05, 3.63) is 11.6 Å². The molecule has 0 spiro atoms. The van der Waals surface area contributed by atoms with Crippen LogP contribution in [0.3, 0.4) is 0 Å². The van der Waals surface area contributed by atoms with E-state index in [2.05, 4.69) is 40.7 Å². The van der Waals surface area contributed by atoms with Gasteiger partial charge < -0.3 is 4.55 Å². The standard InChI is InChI=1S/C27H46O4S.Na/c1-18(2)7-6-8-19(3)23-11-12-24-22-10-9-20-17-21(31-32(28,29)30)13-15-26(20,4)25(22)14-16-27(23,24)5;/h9,18-19,21-25H,6-8,10-17H2,1-5H3,(H,28,29,30);/q;+1/p-1/t19-,21?,22?,23?,24?,25?,26+,27-;/m1./s1. The Hall–Kier alpha value is 0.610. The van der Waals surface area contributed by atoms with Crippen molar-refractivity contribution >= 4 is 10.4 Å². The van der Waals surface area contributed by atoms with Crippen molar-refractivity contribution in [1.29, 1.82) is 0 Å². The molecule has 4 aliphatic rings. The number of rotatable bonds is 7. The molecule has 8 atom stereocenters. The summed E-state index contributed by atoms with van der Waals surface area (Å²) in [5.74, 6) is 4.78. The van der Waals surface area contributed by atoms with Crippen LogP contribution < -0.4 is 29.6 Å². The minimum absolute atomic E-state index is 0. The van der Waals surface area contributed by atoms with Crippen molar-refractivity contribution in [3.8, 4) is 0 Å². The van der Waals surface area contributed by atoms with Gasteiger partial charge in [0.25, 0.3) is 0 Å². The zero-order valence-corrected chi connectivity index (χ0v) is 24.8. The zero-order chi connectivity index (χ0) is 23.3. The van der Waals surface area contributed by atoms with Gasteiger partial charge in [-0.25, -0.2) is 8.42 Å². The molecular formula is C27H45NaO4S. The minimum atomic E-state index is -4.63. The maximum Gasteiger partial charge on any atom is 1.00 e. The molecule has 4 nitrogen and oxygen atoms in total. The van der Waals surface area contributed by atoms with Crippen LogP contribution in [0.15, 0.2) is 11.6 Å². The van der Waals surface area contributed by atoms with Gasteiger partial charge in [0.2, 0.25) is 10.4 Å². The minimum Gasteiger partial charge on any atom is -0.726 e. The molecule has 6 heteroatoms. The fourth-order valence-corrected chi connectivity index (χ4v) is 9.40. The first-order valence-corrected chi connectivity index (χ1v) is 14.6. The van der Waals surface area contributed by atoms with Crippen LogP contribution in [0.4, 0.5) is 0 Å². The summed E-state index contributed by atoms with van der Waals surface area (Å²) in [5, 5.41) is 0. The van der Waals surface area contributed by atoms with Crippen LogP contribution in [0, 0.1) is 46.3 Å². The molecule has 0 heterocycles. The molecule has 4 rings (SSSR count). The predicted molar refractivity (Wildman–Crippen MR) is 128 cm³/mol. The van der Waals surface area contributed by atoms with Crippen molar-refractivity contribution in [3.63, 3.8) is 0 Å². The Balaban J connectivity index is 0.00000306. The molecular weight excluding hydrogens is 443 g/mol. The maximum absolute atomic E-state index is 11.1. The van der Waals surface area contributed by atoms with E-state index >= 15 is 0 Å². The molecule has 184 valence electrons. The molecule has 0 saturated heterocycles. The second kappa shape index (κ2) is 10.5. The Labute approximate surface area is 225 Å². The molecule has 0 aliphatic heterocycles. The largest absolute Gasteiger partial charge is 1.00 e. The number of allylic oxidation sites excluding steroid dienone is 1. The van der Waals surface area contributed by atoms with E-state index in [1.165, 1.54) is 50.5 Å². The van der Waals surface area contributed by atoms with Crippen LogP contribution in [0.5, 0.6) is 0 Å². The van der Waals surface area contributed by atoms with Gasteiger partial charge in [-0.2, -0.15) is 0 Å². The summed E-state index contributed by atoms with van der Waals surface area (Å²) >= 11 is 0. The van der Waals surface area contributed by atoms with Gasteiger partial charge in [0, 0.05) is 0 Å². The van der Waals surface area contributed by atoms with E-state index in [-0.39, 0.29) is 35.0 Å². The molecule has 33 heavy (non-hydrogen) atoms. The van der Waals surface area contributed by atoms with E-state index in [4.69, 9.17) is 4.18 Å². The SMILES string of the molecule is CC(C)CCC[C@@H](C)C1CCC2C3CC=C4CC(OS(=O)(=O)[O-])CC[C@]4(C)C3CC[C@@]21C.[Na+]. The average Bonchev–Trinajstić information content (AvgIpc) is 3.04. The van der Waals surface area contributed by atoms with E-state index in [1.54, 1.807) is 0 Å². The third-order valence-corrected chi connectivity index (χ3v) is 11.0. The molecule has 0 bridgehead atoms. The third kappa shape index (κ3) is 5.64. The summed E-state index contributed by atoms with van der Waals surface area (Å²) < 4.78 is 38.2. The van der Waals surface area contributed by atoms with Gasteiger partial charge in [-0.1, -0.05) is 65.5 Å². The van der Waals surface area contributed by atoms with Crippen LogP contribution in [-0.4, -0.2) is 19.1 Å². The van der Waals surface area contributed by atoms with Gasteiger partial charge in [-0.15, -0.1) is 0 Å². The van der Waals surface area contributed by atoms with Crippen molar-refractivity contribution in [1.82, 2.24) is 0 Å². The first-order valence-electron chi connectivity index (χ1n) is 13.3. The van der Waals surface area contributed by atoms with Gasteiger partial charge in [-0.3, -0.25) is 4.18 Å². The molecule has 3 fully saturated rings. The number of hydrogen-bond acceptors (Lipinski definition) is 4. The molecule has 0 amide bonds. The van der Waals surface area contributed by atoms with Crippen molar-refractivity contribution < 1.29 is 46.7 Å². The monoisotopic (exact) mass is 488 g/mol. The van der Waals surface area contributed by atoms with Crippen molar-refractivity contribution in [2.24, 2.45) is 46.3 Å². The van der Waals surface area contributed by atoms with Gasteiger partial charge in [-0.05, 0) is 97.7 Å². The molecule has 0 aromatic carbocycles. The average molecular weight is 489 g/mol. The van der Waals surface area contributed by atoms with E-state index in [1.807, 2.05) is 0 Å². The number of fused-ring (bicyclic) bond motifs is 5. The molecule has 0 aromatic rings. The molecule has 5 unspecified atom stereocenters. The molecule has 3 saturated carbocycles. The van der Waals surface area contributed by atoms with Gasteiger partial charge in [0.1, 0.15) is 0 Å². The Morgan fingerprint density at radius 1 is 1.06 bits per heavy atom. The Morgan fingerprint density at radius 2 is 1.79 bits per heavy atom. The summed E-state index contributed by atoms with van der Waals surface area (Å²) in [7, 11) is -4.63. The first-order chi connectivity index (χ1) is 14.9. The summed E-state index contributed by atoms with van der Waals surface area (Å²) in [5.41, 5.74) is 1.99. The Morgan fingerprint density at radius 3 is 2.45 bits per heavy atom. The van der Waals surface area contributed by atoms with Gasteiger partial charge >= 0.3 is 29.6 Å². The fourth-order valence-electron chi connectivity index (χ4n) is 8.90. The van der Waals surface area contributed by atoms with Crippen LogP contribution in [0.1, 0.15) is 105 Å². The third-order valence-electron chi connectivity index (χ3n) is 10.5. The zero-order valence-electron chi connectivity index (χ0n) is 21.9. The smallest absolute Gasteiger partial charge is 0.726 e. The van der Waals surface area contributed by atoms with Crippen molar-refractivity contribution in [2.45, 2.75) is 111 Å². The quantitative estimate of drug-likeness (QED) is 0.236. The normalized spacial score (nSPS) is 41.4. The summed E-state index contributed by atoms with van der Waals surface area (Å²) in [4.78, 5) is 0. The van der Waals surface area contributed by atoms with E-state index in [0.29, 0.717) is 24.2 Å². The summed E-state index contributed by atoms with van der Waals surface area (Å²) in [6.45, 7) is 12.2. The second-order valence-electron chi connectivity index (χ2n) is 12.7. The van der Waals surface area contributed by atoms with Crippen LogP contribution in [-0.2, 0) is 14.6 Å². The van der Waals surface area contributed by atoms with Crippen LogP contribution in [0.2, 0.25) is 0 Å². The Kier molecular flexibility index (Phi) is 9.00. The van der Waals surface area contributed by atoms with Gasteiger partial charge in [0.05, 0.1) is 6.10 Å². The van der Waals surface area contributed by atoms with Crippen LogP contribution in [0.25, 0.3) is 0 Å². The molecule has 0 N–H and O–H groups in total. The first kappa shape index (κ1) is 28.2. The Bertz CT molecular complexity index is 824. The molecule has 4 aliphatic carbocycles. The van der Waals surface area contributed by atoms with E-state index < -0.39 is 16.5 Å². The van der Waals surface area contributed by atoms with Crippen molar-refractivity contribution in [2.75, 3.05) is 0 Å². The van der Waals surface area contributed by atoms with E-state index in [0.717, 1.165) is 42.4 Å². The summed E-state index contributed by atoms with van der Waals surface area (Å²) in [6, 6.07) is 0. The number of hydrogen-bond donors (Lipinski definition) is 0. The second-order valence-corrected chi connectivity index (χ2v) is 13.7. The molecule has 0 radical (unpaired) electrons.